The van der Waals surface area contributed by atoms with Gasteiger partial charge in [0.05, 0.1) is 10.6 Å². The van der Waals surface area contributed by atoms with Gasteiger partial charge in [-0.15, -0.1) is 11.3 Å². The van der Waals surface area contributed by atoms with Gasteiger partial charge in [0.25, 0.3) is 0 Å². The highest BCUT2D eigenvalue weighted by molar-refractivity contribution is 7.12. The highest BCUT2D eigenvalue weighted by Crippen LogP contribution is 2.21. The molecule has 0 aliphatic heterocycles. The Morgan fingerprint density at radius 1 is 1.38 bits per heavy atom. The number of halogens is 1. The molecule has 0 saturated carbocycles. The van der Waals surface area contributed by atoms with E-state index in [1.54, 1.807) is 6.07 Å². The number of aryl methyl sites for hydroxylation is 1. The second-order valence-corrected chi connectivity index (χ2v) is 4.41. The van der Waals surface area contributed by atoms with Crippen molar-refractivity contribution in [3.8, 4) is 0 Å². The van der Waals surface area contributed by atoms with Crippen LogP contribution in [0.5, 0.6) is 0 Å². The van der Waals surface area contributed by atoms with Gasteiger partial charge >= 0.3 is 0 Å². The standard InChI is InChI=1S/C12H10FNOS/c1-7-4-5-16-12(7)11(15)8-2-3-10(14)9(13)6-8/h2-6H,14H2,1H3. The van der Waals surface area contributed by atoms with Gasteiger partial charge in [-0.25, -0.2) is 4.39 Å². The lowest BCUT2D eigenvalue weighted by atomic mass is 10.1. The van der Waals surface area contributed by atoms with Crippen LogP contribution in [0.2, 0.25) is 0 Å². The van der Waals surface area contributed by atoms with Crippen LogP contribution >= 0.6 is 11.3 Å². The Bertz CT molecular complexity index is 548. The molecule has 2 aromatic rings. The van der Waals surface area contributed by atoms with Crippen LogP contribution in [0.4, 0.5) is 10.1 Å². The first kappa shape index (κ1) is 10.8. The maximum absolute atomic E-state index is 13.2. The smallest absolute Gasteiger partial charge is 0.203 e. The zero-order valence-electron chi connectivity index (χ0n) is 8.66. The number of rotatable bonds is 2. The molecule has 0 aliphatic rings. The first-order valence-corrected chi connectivity index (χ1v) is 5.61. The van der Waals surface area contributed by atoms with Crippen LogP contribution in [0.1, 0.15) is 20.8 Å². The van der Waals surface area contributed by atoms with Crippen molar-refractivity contribution in [2.45, 2.75) is 6.92 Å². The van der Waals surface area contributed by atoms with Gasteiger partial charge in [-0.2, -0.15) is 0 Å². The molecule has 1 heterocycles. The number of anilines is 1. The molecule has 4 heteroatoms. The van der Waals surface area contributed by atoms with Gasteiger partial charge in [0, 0.05) is 5.56 Å². The first-order chi connectivity index (χ1) is 7.59. The van der Waals surface area contributed by atoms with Crippen molar-refractivity contribution in [1.82, 2.24) is 0 Å². The predicted molar refractivity (Wildman–Crippen MR) is 63.3 cm³/mol. The van der Waals surface area contributed by atoms with Crippen molar-refractivity contribution in [3.63, 3.8) is 0 Å². The molecular formula is C12H10FNOS. The molecule has 0 aliphatic carbocycles. The average Bonchev–Trinajstić information content (AvgIpc) is 2.67. The Morgan fingerprint density at radius 2 is 2.12 bits per heavy atom. The minimum atomic E-state index is -0.556. The number of ketones is 1. The Balaban J connectivity index is 2.42. The molecule has 0 amide bonds. The lowest BCUT2D eigenvalue weighted by Crippen LogP contribution is -2.02. The van der Waals surface area contributed by atoms with E-state index in [1.807, 2.05) is 18.4 Å². The van der Waals surface area contributed by atoms with Crippen LogP contribution in [0.15, 0.2) is 29.6 Å². The molecule has 16 heavy (non-hydrogen) atoms. The number of benzene rings is 1. The normalized spacial score (nSPS) is 10.4. The van der Waals surface area contributed by atoms with Crippen molar-refractivity contribution < 1.29 is 9.18 Å². The fraction of sp³-hybridized carbons (Fsp3) is 0.0833. The summed E-state index contributed by atoms with van der Waals surface area (Å²) in [6.45, 7) is 1.86. The van der Waals surface area contributed by atoms with E-state index >= 15 is 0 Å². The molecular weight excluding hydrogens is 225 g/mol. The number of carbonyl (C=O) groups is 1. The van der Waals surface area contributed by atoms with Crippen molar-refractivity contribution in [1.29, 1.82) is 0 Å². The zero-order valence-corrected chi connectivity index (χ0v) is 9.48. The van der Waals surface area contributed by atoms with Crippen molar-refractivity contribution in [2.75, 3.05) is 5.73 Å². The van der Waals surface area contributed by atoms with Crippen molar-refractivity contribution >= 4 is 22.8 Å². The van der Waals surface area contributed by atoms with Gasteiger partial charge < -0.3 is 5.73 Å². The van der Waals surface area contributed by atoms with Crippen molar-refractivity contribution in [3.05, 3.63) is 51.5 Å². The van der Waals surface area contributed by atoms with Gasteiger partial charge in [-0.05, 0) is 42.1 Å². The third kappa shape index (κ3) is 1.84. The predicted octanol–water partition coefficient (Wildman–Crippen LogP) is 3.01. The van der Waals surface area contributed by atoms with Crippen LogP contribution < -0.4 is 5.73 Å². The third-order valence-corrected chi connectivity index (χ3v) is 3.35. The van der Waals surface area contributed by atoms with Gasteiger partial charge in [0.2, 0.25) is 5.78 Å². The van der Waals surface area contributed by atoms with Crippen LogP contribution in [0.25, 0.3) is 0 Å². The quantitative estimate of drug-likeness (QED) is 0.642. The summed E-state index contributed by atoms with van der Waals surface area (Å²) in [4.78, 5) is 12.6. The van der Waals surface area contributed by atoms with Crippen LogP contribution in [-0.2, 0) is 0 Å². The molecule has 1 aromatic heterocycles. The molecule has 0 bridgehead atoms. The van der Waals surface area contributed by atoms with Crippen LogP contribution in [0.3, 0.4) is 0 Å². The maximum Gasteiger partial charge on any atom is 0.203 e. The summed E-state index contributed by atoms with van der Waals surface area (Å²) in [6.07, 6.45) is 0. The van der Waals surface area contributed by atoms with Crippen molar-refractivity contribution in [2.24, 2.45) is 0 Å². The number of hydrogen-bond donors (Lipinski definition) is 1. The lowest BCUT2D eigenvalue weighted by molar-refractivity contribution is 0.104. The Hall–Kier alpha value is -1.68. The molecule has 0 fully saturated rings. The summed E-state index contributed by atoms with van der Waals surface area (Å²) >= 11 is 1.36. The molecule has 0 atom stereocenters. The van der Waals surface area contributed by atoms with E-state index in [4.69, 9.17) is 5.73 Å². The summed E-state index contributed by atoms with van der Waals surface area (Å²) in [5.41, 5.74) is 6.65. The Kier molecular flexibility index (Phi) is 2.75. The van der Waals surface area contributed by atoms with Gasteiger partial charge in [0.1, 0.15) is 5.82 Å². The van der Waals surface area contributed by atoms with E-state index < -0.39 is 5.82 Å². The highest BCUT2D eigenvalue weighted by atomic mass is 32.1. The van der Waals surface area contributed by atoms with E-state index in [-0.39, 0.29) is 11.5 Å². The molecule has 82 valence electrons. The second-order valence-electron chi connectivity index (χ2n) is 3.50. The number of nitrogens with two attached hydrogens (primary N) is 1. The van der Waals surface area contributed by atoms with Gasteiger partial charge in [-0.3, -0.25) is 4.79 Å². The number of thiophene rings is 1. The summed E-state index contributed by atoms with van der Waals surface area (Å²) in [7, 11) is 0. The Morgan fingerprint density at radius 3 is 2.69 bits per heavy atom. The molecule has 0 unspecified atom stereocenters. The van der Waals surface area contributed by atoms with E-state index in [0.29, 0.717) is 10.4 Å². The lowest BCUT2D eigenvalue weighted by Gasteiger charge is -2.02. The topological polar surface area (TPSA) is 43.1 Å². The fourth-order valence-electron chi connectivity index (χ4n) is 1.40. The van der Waals surface area contributed by atoms with E-state index in [1.165, 1.54) is 23.5 Å². The summed E-state index contributed by atoms with van der Waals surface area (Å²) < 4.78 is 13.2. The second kappa shape index (κ2) is 4.06. The third-order valence-electron chi connectivity index (χ3n) is 2.33. The largest absolute Gasteiger partial charge is 0.396 e. The molecule has 1 aromatic carbocycles. The van der Waals surface area contributed by atoms with Crippen LogP contribution in [-0.4, -0.2) is 5.78 Å². The Labute approximate surface area is 96.5 Å². The van der Waals surface area contributed by atoms with Gasteiger partial charge in [-0.1, -0.05) is 0 Å². The van der Waals surface area contributed by atoms with Gasteiger partial charge in [0.15, 0.2) is 0 Å². The number of carbonyl (C=O) groups excluding carboxylic acids is 1. The molecule has 2 nitrogen and oxygen atoms in total. The molecule has 0 saturated heterocycles. The highest BCUT2D eigenvalue weighted by Gasteiger charge is 2.14. The molecule has 0 radical (unpaired) electrons. The summed E-state index contributed by atoms with van der Waals surface area (Å²) in [5.74, 6) is -0.716. The summed E-state index contributed by atoms with van der Waals surface area (Å²) in [6, 6.07) is 5.99. The number of hydrogen-bond acceptors (Lipinski definition) is 3. The molecule has 0 spiro atoms. The minimum Gasteiger partial charge on any atom is -0.396 e. The minimum absolute atomic E-state index is 0.0550. The molecule has 2 rings (SSSR count). The average molecular weight is 235 g/mol. The molecule has 2 N–H and O–H groups in total. The first-order valence-electron chi connectivity index (χ1n) is 4.73. The monoisotopic (exact) mass is 235 g/mol. The number of nitrogen functional groups attached to an aromatic ring is 1. The zero-order chi connectivity index (χ0) is 11.7. The SMILES string of the molecule is Cc1ccsc1C(=O)c1ccc(N)c(F)c1. The van der Waals surface area contributed by atoms with E-state index in [9.17, 15) is 9.18 Å². The maximum atomic E-state index is 13.2. The van der Waals surface area contributed by atoms with Crippen LogP contribution in [0, 0.1) is 12.7 Å². The summed E-state index contributed by atoms with van der Waals surface area (Å²) in [5, 5.41) is 1.84. The fourth-order valence-corrected chi connectivity index (χ4v) is 2.29. The van der Waals surface area contributed by atoms with E-state index in [2.05, 4.69) is 0 Å². The van der Waals surface area contributed by atoms with E-state index in [0.717, 1.165) is 5.56 Å².